The van der Waals surface area contributed by atoms with Crippen LogP contribution in [0.2, 0.25) is 0 Å². The van der Waals surface area contributed by atoms with Gasteiger partial charge in [-0.05, 0) is 109 Å². The summed E-state index contributed by atoms with van der Waals surface area (Å²) in [5.41, 5.74) is 16.6. The van der Waals surface area contributed by atoms with Crippen LogP contribution >= 0.6 is 0 Å². The highest BCUT2D eigenvalue weighted by molar-refractivity contribution is 5.79. The number of benzene rings is 2. The van der Waals surface area contributed by atoms with E-state index in [9.17, 15) is 0 Å². The molecule has 10 rings (SSSR count). The lowest BCUT2D eigenvalue weighted by Gasteiger charge is -2.39. The summed E-state index contributed by atoms with van der Waals surface area (Å²) in [4.78, 5) is 8.00. The molecule has 49 heavy (non-hydrogen) atoms. The highest BCUT2D eigenvalue weighted by atomic mass is 15.4. The van der Waals surface area contributed by atoms with Crippen molar-refractivity contribution in [2.24, 2.45) is 11.8 Å². The van der Waals surface area contributed by atoms with Gasteiger partial charge < -0.3 is 10.2 Å². The number of allylic oxidation sites excluding steroid dienone is 12. The molecular formula is C46H43N3. The van der Waals surface area contributed by atoms with Crippen molar-refractivity contribution in [1.82, 2.24) is 15.2 Å². The normalized spacial score (nSPS) is 27.6. The van der Waals surface area contributed by atoms with Crippen molar-refractivity contribution in [1.29, 1.82) is 0 Å². The van der Waals surface area contributed by atoms with Gasteiger partial charge in [-0.15, -0.1) is 0 Å². The Labute approximate surface area is 290 Å². The molecule has 3 heteroatoms. The van der Waals surface area contributed by atoms with Gasteiger partial charge in [0.25, 0.3) is 0 Å². The molecule has 0 amide bonds. The molecule has 1 fully saturated rings. The summed E-state index contributed by atoms with van der Waals surface area (Å²) in [6.45, 7) is 0. The van der Waals surface area contributed by atoms with E-state index in [0.29, 0.717) is 23.7 Å². The molecule has 5 atom stereocenters. The fourth-order valence-corrected chi connectivity index (χ4v) is 9.66. The number of aromatic nitrogens is 1. The molecule has 2 aliphatic heterocycles. The predicted octanol–water partition coefficient (Wildman–Crippen LogP) is 10.5. The van der Waals surface area contributed by atoms with Crippen LogP contribution in [0.1, 0.15) is 84.7 Å². The average molecular weight is 638 g/mol. The van der Waals surface area contributed by atoms with Gasteiger partial charge in [0.05, 0.1) is 17.1 Å². The standard InChI is InChI=1S/C46H43N3/c1-2-12-31-27-35(26-25-30(31)11-1)42-22-10-21-41(47-42)34-15-7-13-32(28-34)33-14-8-16-36(29-33)46-48-43-23-9-20-40-38-18-4-3-17-37(38)39-19-5-6-24-44(39)49(46)45(40)43/h1,3-8,10-11,13,15-18,21-27,33-34,36,39,46,48H,2,9,12,14,19-20,28-29H2. The molecular weight excluding hydrogens is 595 g/mol. The second-order valence-electron chi connectivity index (χ2n) is 14.8. The third-order valence-corrected chi connectivity index (χ3v) is 12.0. The Hall–Kier alpha value is -4.89. The van der Waals surface area contributed by atoms with E-state index >= 15 is 0 Å². The number of hydrogen-bond donors (Lipinski definition) is 1. The van der Waals surface area contributed by atoms with Crippen molar-refractivity contribution >= 4 is 11.6 Å². The van der Waals surface area contributed by atoms with Gasteiger partial charge in [-0.1, -0.05) is 109 Å². The number of fused-ring (bicyclic) bond motifs is 6. The molecule has 3 aromatic rings. The Bertz CT molecular complexity index is 2100. The van der Waals surface area contributed by atoms with Gasteiger partial charge in [0.15, 0.2) is 0 Å². The average Bonchev–Trinajstić information content (AvgIpc) is 3.52. The molecule has 3 heterocycles. The first kappa shape index (κ1) is 29.1. The highest BCUT2D eigenvalue weighted by Gasteiger charge is 2.45. The van der Waals surface area contributed by atoms with Crippen LogP contribution in [-0.2, 0) is 6.42 Å². The molecule has 5 unspecified atom stereocenters. The summed E-state index contributed by atoms with van der Waals surface area (Å²) in [5.74, 6) is 1.65. The Morgan fingerprint density at radius 1 is 0.837 bits per heavy atom. The third kappa shape index (κ3) is 4.97. The van der Waals surface area contributed by atoms with Gasteiger partial charge in [0, 0.05) is 34.7 Å². The van der Waals surface area contributed by atoms with E-state index in [2.05, 4.69) is 138 Å². The molecule has 3 nitrogen and oxygen atoms in total. The van der Waals surface area contributed by atoms with Crippen molar-refractivity contribution in [2.45, 2.75) is 69.4 Å². The number of rotatable bonds is 4. The smallest absolute Gasteiger partial charge is 0.110 e. The van der Waals surface area contributed by atoms with Crippen LogP contribution in [-0.4, -0.2) is 16.0 Å². The molecule has 1 aromatic heterocycles. The van der Waals surface area contributed by atoms with Crippen LogP contribution < -0.4 is 5.32 Å². The van der Waals surface area contributed by atoms with Crippen LogP contribution in [0.15, 0.2) is 144 Å². The maximum absolute atomic E-state index is 5.26. The number of hydrogen-bond acceptors (Lipinski definition) is 3. The molecule has 5 aliphatic carbocycles. The fourth-order valence-electron chi connectivity index (χ4n) is 9.66. The van der Waals surface area contributed by atoms with Crippen LogP contribution in [0.5, 0.6) is 0 Å². The number of aryl methyl sites for hydroxylation is 1. The Balaban J connectivity index is 0.917. The maximum Gasteiger partial charge on any atom is 0.110 e. The SMILES string of the molecule is C1=CCC2C(=C1)N1C3=C(CCC=C3NC1C1C=CCC(C3=CC=CC(c4cccc(-c5ccc6c(c5)CCC=C6)n4)C3)C1)c1ccccc12. The van der Waals surface area contributed by atoms with E-state index in [-0.39, 0.29) is 6.17 Å². The van der Waals surface area contributed by atoms with Crippen molar-refractivity contribution in [3.05, 3.63) is 172 Å². The van der Waals surface area contributed by atoms with Crippen molar-refractivity contribution in [3.8, 4) is 11.3 Å². The van der Waals surface area contributed by atoms with Gasteiger partial charge in [0.1, 0.15) is 6.17 Å². The van der Waals surface area contributed by atoms with Crippen LogP contribution in [0.25, 0.3) is 22.9 Å². The number of nitrogens with zero attached hydrogens (tertiary/aromatic N) is 2. The van der Waals surface area contributed by atoms with Gasteiger partial charge in [-0.2, -0.15) is 0 Å². The van der Waals surface area contributed by atoms with E-state index < -0.39 is 0 Å². The summed E-state index contributed by atoms with van der Waals surface area (Å²) in [5, 5.41) is 4.09. The lowest BCUT2D eigenvalue weighted by molar-refractivity contribution is 0.229. The second kappa shape index (κ2) is 11.9. The molecule has 0 saturated carbocycles. The monoisotopic (exact) mass is 637 g/mol. The van der Waals surface area contributed by atoms with Gasteiger partial charge >= 0.3 is 0 Å². The largest absolute Gasteiger partial charge is 0.363 e. The first-order valence-corrected chi connectivity index (χ1v) is 18.5. The van der Waals surface area contributed by atoms with E-state index in [1.165, 1.54) is 56.2 Å². The molecule has 1 N–H and O–H groups in total. The summed E-state index contributed by atoms with van der Waals surface area (Å²) < 4.78 is 0. The van der Waals surface area contributed by atoms with E-state index in [1.807, 2.05) is 0 Å². The summed E-state index contributed by atoms with van der Waals surface area (Å²) in [6.07, 6.45) is 35.2. The Kier molecular flexibility index (Phi) is 7.07. The van der Waals surface area contributed by atoms with Crippen LogP contribution in [0.4, 0.5) is 0 Å². The number of nitrogens with one attached hydrogen (secondary N) is 1. The topological polar surface area (TPSA) is 28.2 Å². The third-order valence-electron chi connectivity index (χ3n) is 12.0. The minimum absolute atomic E-state index is 0.226. The minimum atomic E-state index is 0.226. The molecule has 1 saturated heterocycles. The lowest BCUT2D eigenvalue weighted by Crippen LogP contribution is -2.43. The predicted molar refractivity (Wildman–Crippen MR) is 201 cm³/mol. The van der Waals surface area contributed by atoms with Gasteiger partial charge in [-0.25, -0.2) is 0 Å². The highest BCUT2D eigenvalue weighted by Crippen LogP contribution is 2.52. The zero-order chi connectivity index (χ0) is 32.3. The van der Waals surface area contributed by atoms with Gasteiger partial charge in [0.2, 0.25) is 0 Å². The first-order valence-electron chi connectivity index (χ1n) is 18.5. The van der Waals surface area contributed by atoms with Crippen molar-refractivity contribution < 1.29 is 0 Å². The first-order chi connectivity index (χ1) is 24.3. The van der Waals surface area contributed by atoms with Crippen LogP contribution in [0, 0.1) is 11.8 Å². The summed E-state index contributed by atoms with van der Waals surface area (Å²) in [7, 11) is 0. The van der Waals surface area contributed by atoms with E-state index in [4.69, 9.17) is 4.98 Å². The van der Waals surface area contributed by atoms with Crippen LogP contribution in [0.3, 0.4) is 0 Å². The fraction of sp³-hybridized carbons (Fsp3) is 0.283. The Morgan fingerprint density at radius 3 is 2.82 bits per heavy atom. The number of pyridine rings is 1. The van der Waals surface area contributed by atoms with E-state index in [0.717, 1.165) is 57.1 Å². The second-order valence-corrected chi connectivity index (χ2v) is 14.8. The molecule has 7 aliphatic rings. The Morgan fingerprint density at radius 2 is 1.82 bits per heavy atom. The van der Waals surface area contributed by atoms with E-state index in [1.54, 1.807) is 5.57 Å². The quantitative estimate of drug-likeness (QED) is 0.289. The summed E-state index contributed by atoms with van der Waals surface area (Å²) >= 11 is 0. The zero-order valence-electron chi connectivity index (χ0n) is 28.1. The van der Waals surface area contributed by atoms with Crippen molar-refractivity contribution in [2.75, 3.05) is 0 Å². The minimum Gasteiger partial charge on any atom is -0.363 e. The lowest BCUT2D eigenvalue weighted by atomic mass is 9.76. The van der Waals surface area contributed by atoms with Gasteiger partial charge in [-0.3, -0.25) is 4.98 Å². The molecule has 2 aromatic carbocycles. The zero-order valence-corrected chi connectivity index (χ0v) is 28.1. The molecule has 0 spiro atoms. The summed E-state index contributed by atoms with van der Waals surface area (Å²) in [6, 6.07) is 22.7. The molecule has 0 bridgehead atoms. The molecule has 0 radical (unpaired) electrons. The van der Waals surface area contributed by atoms with Crippen molar-refractivity contribution in [3.63, 3.8) is 0 Å². The maximum atomic E-state index is 5.26. The molecule has 242 valence electrons.